The van der Waals surface area contributed by atoms with Crippen molar-refractivity contribution < 1.29 is 48.0 Å². The highest BCUT2D eigenvalue weighted by atomic mass is 16.7. The average Bonchev–Trinajstić information content (AvgIpc) is 3.25. The number of ether oxygens (including phenoxy) is 5. The van der Waals surface area contributed by atoms with Crippen LogP contribution in [-0.2, 0) is 42.9 Å². The van der Waals surface area contributed by atoms with E-state index in [9.17, 15) is 24.3 Å². The third-order valence-corrected chi connectivity index (χ3v) is 7.42. The molecule has 0 spiro atoms. The zero-order chi connectivity index (χ0) is 25.9. The number of rotatable bonds is 4. The minimum absolute atomic E-state index is 0.0193. The second kappa shape index (κ2) is 8.30. The van der Waals surface area contributed by atoms with Crippen molar-refractivity contribution >= 4 is 23.9 Å². The Morgan fingerprint density at radius 2 is 1.89 bits per heavy atom. The van der Waals surface area contributed by atoms with Crippen molar-refractivity contribution in [3.63, 3.8) is 0 Å². The van der Waals surface area contributed by atoms with Gasteiger partial charge < -0.3 is 28.8 Å². The van der Waals surface area contributed by atoms with Gasteiger partial charge >= 0.3 is 23.9 Å². The lowest BCUT2D eigenvalue weighted by atomic mass is 9.71. The van der Waals surface area contributed by atoms with Gasteiger partial charge in [0.25, 0.3) is 0 Å². The van der Waals surface area contributed by atoms with Crippen LogP contribution in [0.1, 0.15) is 53.9 Å². The quantitative estimate of drug-likeness (QED) is 0.268. The van der Waals surface area contributed by atoms with Gasteiger partial charge in [0, 0.05) is 24.5 Å². The Morgan fingerprint density at radius 3 is 2.49 bits per heavy atom. The first-order valence-corrected chi connectivity index (χ1v) is 11.5. The summed E-state index contributed by atoms with van der Waals surface area (Å²) in [5, 5.41) is 11.9. The van der Waals surface area contributed by atoms with Crippen LogP contribution in [0, 0.1) is 0 Å². The van der Waals surface area contributed by atoms with Gasteiger partial charge in [0.05, 0.1) is 16.7 Å². The number of esters is 4. The first-order chi connectivity index (χ1) is 16.3. The van der Waals surface area contributed by atoms with Gasteiger partial charge in [0.2, 0.25) is 0 Å². The summed E-state index contributed by atoms with van der Waals surface area (Å²) in [7, 11) is 0. The van der Waals surface area contributed by atoms with Crippen LogP contribution in [0.4, 0.5) is 0 Å². The molecule has 0 bridgehead atoms. The van der Waals surface area contributed by atoms with Gasteiger partial charge in [-0.1, -0.05) is 12.7 Å². The second-order valence-corrected chi connectivity index (χ2v) is 9.95. The molecule has 10 heteroatoms. The van der Waals surface area contributed by atoms with Gasteiger partial charge in [0.1, 0.15) is 30.0 Å². The van der Waals surface area contributed by atoms with Crippen molar-refractivity contribution in [3.05, 3.63) is 34.9 Å². The third kappa shape index (κ3) is 3.98. The number of carbonyl (C=O) groups excluding carboxylic acids is 4. The maximum atomic E-state index is 12.9. The molecule has 3 aliphatic heterocycles. The molecule has 35 heavy (non-hydrogen) atoms. The highest BCUT2D eigenvalue weighted by Crippen LogP contribution is 2.55. The normalized spacial score (nSPS) is 39.1. The molecule has 6 unspecified atom stereocenters. The number of aliphatic hydroxyl groups is 1. The molecule has 0 aromatic heterocycles. The summed E-state index contributed by atoms with van der Waals surface area (Å²) in [6, 6.07) is 0. The van der Waals surface area contributed by atoms with E-state index in [4.69, 9.17) is 23.7 Å². The Balaban J connectivity index is 1.88. The van der Waals surface area contributed by atoms with Gasteiger partial charge in [-0.3, -0.25) is 4.79 Å². The maximum absolute atomic E-state index is 12.9. The van der Waals surface area contributed by atoms with Crippen LogP contribution >= 0.6 is 0 Å². The van der Waals surface area contributed by atoms with Crippen LogP contribution in [-0.4, -0.2) is 70.7 Å². The maximum Gasteiger partial charge on any atom is 0.338 e. The van der Waals surface area contributed by atoms with E-state index in [0.717, 1.165) is 0 Å². The third-order valence-electron chi connectivity index (χ3n) is 7.42. The Morgan fingerprint density at radius 1 is 1.20 bits per heavy atom. The van der Waals surface area contributed by atoms with Gasteiger partial charge in [-0.2, -0.15) is 0 Å². The fourth-order valence-corrected chi connectivity index (χ4v) is 5.29. The summed E-state index contributed by atoms with van der Waals surface area (Å²) >= 11 is 0. The van der Waals surface area contributed by atoms with Crippen molar-refractivity contribution in [3.8, 4) is 0 Å². The molecule has 0 amide bonds. The minimum Gasteiger partial charge on any atom is -0.461 e. The molecule has 6 atom stereocenters. The number of hydrogen-bond acceptors (Lipinski definition) is 10. The van der Waals surface area contributed by atoms with Crippen LogP contribution < -0.4 is 0 Å². The minimum atomic E-state index is -1.71. The van der Waals surface area contributed by atoms with Crippen LogP contribution in [0.2, 0.25) is 0 Å². The van der Waals surface area contributed by atoms with E-state index in [1.54, 1.807) is 13.8 Å². The number of fused-ring (bicyclic) bond motifs is 4. The number of allylic oxidation sites excluding steroid dienone is 1. The summed E-state index contributed by atoms with van der Waals surface area (Å²) in [5.41, 5.74) is -3.51. The second-order valence-electron chi connectivity index (χ2n) is 9.95. The van der Waals surface area contributed by atoms with Crippen LogP contribution in [0.25, 0.3) is 0 Å². The molecule has 1 aliphatic carbocycles. The monoisotopic (exact) mass is 490 g/mol. The molecule has 4 aliphatic rings. The van der Waals surface area contributed by atoms with E-state index >= 15 is 0 Å². The largest absolute Gasteiger partial charge is 0.461 e. The van der Waals surface area contributed by atoms with E-state index in [-0.39, 0.29) is 35.1 Å². The number of epoxide rings is 1. The molecule has 2 saturated heterocycles. The molecular formula is C25H30O10. The topological polar surface area (TPSA) is 138 Å². The zero-order valence-electron chi connectivity index (χ0n) is 20.5. The summed E-state index contributed by atoms with van der Waals surface area (Å²) in [5.74, 6) is -2.75. The lowest BCUT2D eigenvalue weighted by Gasteiger charge is -2.40. The molecule has 3 heterocycles. The Labute approximate surface area is 202 Å². The van der Waals surface area contributed by atoms with E-state index < -0.39 is 65.6 Å². The Kier molecular flexibility index (Phi) is 5.96. The first-order valence-electron chi connectivity index (χ1n) is 11.5. The van der Waals surface area contributed by atoms with Crippen molar-refractivity contribution in [1.29, 1.82) is 0 Å². The molecule has 4 rings (SSSR count). The van der Waals surface area contributed by atoms with Gasteiger partial charge in [-0.05, 0) is 40.5 Å². The van der Waals surface area contributed by atoms with Gasteiger partial charge in [-0.25, -0.2) is 14.4 Å². The van der Waals surface area contributed by atoms with E-state index in [0.29, 0.717) is 6.42 Å². The zero-order valence-corrected chi connectivity index (χ0v) is 20.5. The molecule has 190 valence electrons. The van der Waals surface area contributed by atoms with Crippen molar-refractivity contribution in [2.75, 3.05) is 6.61 Å². The molecule has 0 aromatic carbocycles. The number of carbonyl (C=O) groups is 4. The van der Waals surface area contributed by atoms with E-state index in [1.165, 1.54) is 19.9 Å². The van der Waals surface area contributed by atoms with Crippen molar-refractivity contribution in [2.45, 2.75) is 89.0 Å². The van der Waals surface area contributed by atoms with E-state index in [1.807, 2.05) is 6.92 Å². The highest BCUT2D eigenvalue weighted by Gasteiger charge is 2.68. The van der Waals surface area contributed by atoms with Crippen LogP contribution in [0.5, 0.6) is 0 Å². The van der Waals surface area contributed by atoms with Crippen molar-refractivity contribution in [2.24, 2.45) is 0 Å². The van der Waals surface area contributed by atoms with Crippen LogP contribution in [0.15, 0.2) is 34.9 Å². The Hall–Kier alpha value is -2.98. The molecule has 1 saturated carbocycles. The molecule has 0 radical (unpaired) electrons. The summed E-state index contributed by atoms with van der Waals surface area (Å²) in [6.45, 7) is 10.9. The molecule has 3 fully saturated rings. The summed E-state index contributed by atoms with van der Waals surface area (Å²) < 4.78 is 28.2. The fraction of sp³-hybridized carbons (Fsp3) is 0.600. The predicted molar refractivity (Wildman–Crippen MR) is 119 cm³/mol. The number of hydrogen-bond donors (Lipinski definition) is 1. The molecular weight excluding hydrogens is 460 g/mol. The van der Waals surface area contributed by atoms with Crippen LogP contribution in [0.3, 0.4) is 0 Å². The van der Waals surface area contributed by atoms with Crippen molar-refractivity contribution in [1.82, 2.24) is 0 Å². The van der Waals surface area contributed by atoms with E-state index in [2.05, 4.69) is 6.58 Å². The fourth-order valence-electron chi connectivity index (χ4n) is 5.29. The molecule has 10 nitrogen and oxygen atoms in total. The average molecular weight is 491 g/mol. The molecule has 0 aromatic rings. The molecule has 1 N–H and O–H groups in total. The SMILES string of the molecule is C=C(C)C(=O)OC1CC2(C)OC(=O)C(=CC)C2(O)CCC2(C)OC2C2OC(=O)C(COC(C)=O)=C12. The van der Waals surface area contributed by atoms with Gasteiger partial charge in [-0.15, -0.1) is 0 Å². The highest BCUT2D eigenvalue weighted by molar-refractivity contribution is 5.95. The lowest BCUT2D eigenvalue weighted by molar-refractivity contribution is -0.166. The lowest BCUT2D eigenvalue weighted by Crippen LogP contribution is -2.53. The summed E-state index contributed by atoms with van der Waals surface area (Å²) in [4.78, 5) is 49.8. The standard InChI is InChI=1S/C25H30O10/c1-7-15-22(29)35-24(6)10-16(32-20(27)12(2)3)17-14(11-31-13(4)26)21(28)33-18(17)19-23(5,34-19)8-9-25(15,24)30/h7,16,18-19,30H,2,8-11H2,1,3-6H3. The smallest absolute Gasteiger partial charge is 0.338 e. The summed E-state index contributed by atoms with van der Waals surface area (Å²) in [6.07, 6.45) is -0.860. The first kappa shape index (κ1) is 25.1. The van der Waals surface area contributed by atoms with Gasteiger partial charge in [0.15, 0.2) is 6.10 Å². The Bertz CT molecular complexity index is 1090. The predicted octanol–water partition coefficient (Wildman–Crippen LogP) is 1.59.